The largest absolute Gasteiger partial charge is 0.481 e. The molecule has 1 atom stereocenters. The van der Waals surface area contributed by atoms with Crippen molar-refractivity contribution in [2.75, 3.05) is 26.3 Å². The van der Waals surface area contributed by atoms with E-state index in [0.29, 0.717) is 19.4 Å². The van der Waals surface area contributed by atoms with Crippen LogP contribution in [0.1, 0.15) is 19.3 Å². The number of amides is 3. The molecule has 1 aliphatic heterocycles. The van der Waals surface area contributed by atoms with Gasteiger partial charge in [0.2, 0.25) is 5.91 Å². The first kappa shape index (κ1) is 14.6. The monoisotopic (exact) mass is 285 g/mol. The standard InChI is InChI=1S/C12H19N3O5/c13-9(16)8-6-20-5-4-15(8)11(19)14-7-12(10(17)18)2-1-3-12/h8H,1-7H2,(H2,13,16)(H,14,19)(H,17,18). The number of hydrogen-bond donors (Lipinski definition) is 3. The van der Waals surface area contributed by atoms with E-state index in [1.165, 1.54) is 4.90 Å². The summed E-state index contributed by atoms with van der Waals surface area (Å²) in [4.78, 5) is 35.9. The summed E-state index contributed by atoms with van der Waals surface area (Å²) in [6, 6.07) is -1.27. The van der Waals surface area contributed by atoms with Gasteiger partial charge in [0, 0.05) is 13.1 Å². The first-order chi connectivity index (χ1) is 9.46. The Morgan fingerprint density at radius 1 is 1.40 bits per heavy atom. The van der Waals surface area contributed by atoms with E-state index in [2.05, 4.69) is 5.32 Å². The second-order valence-electron chi connectivity index (χ2n) is 5.28. The van der Waals surface area contributed by atoms with E-state index >= 15 is 0 Å². The normalized spacial score (nSPS) is 24.6. The Kier molecular flexibility index (Phi) is 4.12. The Hall–Kier alpha value is -1.83. The van der Waals surface area contributed by atoms with Gasteiger partial charge in [-0.15, -0.1) is 0 Å². The average Bonchev–Trinajstić information content (AvgIpc) is 2.36. The van der Waals surface area contributed by atoms with Crippen LogP contribution in [0.2, 0.25) is 0 Å². The molecule has 1 heterocycles. The van der Waals surface area contributed by atoms with Gasteiger partial charge in [-0.1, -0.05) is 6.42 Å². The van der Waals surface area contributed by atoms with Crippen LogP contribution in [0.4, 0.5) is 4.79 Å². The van der Waals surface area contributed by atoms with Crippen molar-refractivity contribution in [2.45, 2.75) is 25.3 Å². The third-order valence-electron chi connectivity index (χ3n) is 4.06. The number of hydrogen-bond acceptors (Lipinski definition) is 4. The van der Waals surface area contributed by atoms with Gasteiger partial charge in [-0.05, 0) is 12.8 Å². The smallest absolute Gasteiger partial charge is 0.318 e. The van der Waals surface area contributed by atoms with Crippen LogP contribution in [-0.4, -0.2) is 60.3 Å². The summed E-state index contributed by atoms with van der Waals surface area (Å²) in [7, 11) is 0. The van der Waals surface area contributed by atoms with Gasteiger partial charge in [0.25, 0.3) is 0 Å². The Morgan fingerprint density at radius 2 is 2.10 bits per heavy atom. The number of carbonyl (C=O) groups excluding carboxylic acids is 2. The fourth-order valence-corrected chi connectivity index (χ4v) is 2.50. The van der Waals surface area contributed by atoms with Gasteiger partial charge in [0.1, 0.15) is 6.04 Å². The molecule has 0 spiro atoms. The lowest BCUT2D eigenvalue weighted by molar-refractivity contribution is -0.154. The molecule has 20 heavy (non-hydrogen) atoms. The van der Waals surface area contributed by atoms with Gasteiger partial charge in [-0.2, -0.15) is 0 Å². The molecule has 1 unspecified atom stereocenters. The van der Waals surface area contributed by atoms with Crippen molar-refractivity contribution in [3.8, 4) is 0 Å². The molecule has 8 heteroatoms. The maximum Gasteiger partial charge on any atom is 0.318 e. The Bertz CT molecular complexity index is 421. The van der Waals surface area contributed by atoms with Gasteiger partial charge in [0.05, 0.1) is 18.6 Å². The molecule has 112 valence electrons. The maximum atomic E-state index is 12.1. The Morgan fingerprint density at radius 3 is 2.60 bits per heavy atom. The summed E-state index contributed by atoms with van der Waals surface area (Å²) >= 11 is 0. The highest BCUT2D eigenvalue weighted by Crippen LogP contribution is 2.40. The van der Waals surface area contributed by atoms with Gasteiger partial charge < -0.3 is 25.8 Å². The number of rotatable bonds is 4. The number of morpholine rings is 1. The van der Waals surface area contributed by atoms with E-state index in [9.17, 15) is 19.5 Å². The zero-order chi connectivity index (χ0) is 14.8. The van der Waals surface area contributed by atoms with Crippen LogP contribution >= 0.6 is 0 Å². The van der Waals surface area contributed by atoms with Crippen LogP contribution in [0.25, 0.3) is 0 Å². The minimum atomic E-state index is -0.891. The van der Waals surface area contributed by atoms with E-state index in [0.717, 1.165) is 6.42 Å². The van der Waals surface area contributed by atoms with Crippen molar-refractivity contribution < 1.29 is 24.2 Å². The first-order valence-electron chi connectivity index (χ1n) is 6.61. The highest BCUT2D eigenvalue weighted by atomic mass is 16.5. The van der Waals surface area contributed by atoms with Crippen molar-refractivity contribution in [3.05, 3.63) is 0 Å². The quantitative estimate of drug-likeness (QED) is 0.620. The summed E-state index contributed by atoms with van der Waals surface area (Å²) in [6.45, 7) is 0.748. The molecular formula is C12H19N3O5. The van der Waals surface area contributed by atoms with Gasteiger partial charge >= 0.3 is 12.0 Å². The van der Waals surface area contributed by atoms with E-state index in [1.807, 2.05) is 0 Å². The van der Waals surface area contributed by atoms with Crippen molar-refractivity contribution >= 4 is 17.9 Å². The van der Waals surface area contributed by atoms with E-state index in [-0.39, 0.29) is 19.7 Å². The number of aliphatic carboxylic acids is 1. The summed E-state index contributed by atoms with van der Waals surface area (Å²) in [5, 5.41) is 11.8. The van der Waals surface area contributed by atoms with Gasteiger partial charge in [0.15, 0.2) is 0 Å². The number of nitrogens with one attached hydrogen (secondary N) is 1. The van der Waals surface area contributed by atoms with Crippen LogP contribution in [-0.2, 0) is 14.3 Å². The molecule has 1 aliphatic carbocycles. The van der Waals surface area contributed by atoms with Crippen LogP contribution in [0.15, 0.2) is 0 Å². The molecular weight excluding hydrogens is 266 g/mol. The zero-order valence-electron chi connectivity index (χ0n) is 11.1. The summed E-state index contributed by atoms with van der Waals surface area (Å²) in [6.07, 6.45) is 1.97. The maximum absolute atomic E-state index is 12.1. The van der Waals surface area contributed by atoms with E-state index in [4.69, 9.17) is 10.5 Å². The molecule has 2 fully saturated rings. The topological polar surface area (TPSA) is 122 Å². The average molecular weight is 285 g/mol. The zero-order valence-corrected chi connectivity index (χ0v) is 11.1. The summed E-state index contributed by atoms with van der Waals surface area (Å²) in [5.41, 5.74) is 4.37. The number of urea groups is 1. The van der Waals surface area contributed by atoms with Crippen molar-refractivity contribution in [1.29, 1.82) is 0 Å². The second kappa shape index (κ2) is 5.66. The van der Waals surface area contributed by atoms with Gasteiger partial charge in [-0.3, -0.25) is 9.59 Å². The molecule has 0 bridgehead atoms. The van der Waals surface area contributed by atoms with Crippen molar-refractivity contribution in [2.24, 2.45) is 11.1 Å². The van der Waals surface area contributed by atoms with Crippen LogP contribution in [0, 0.1) is 5.41 Å². The summed E-state index contributed by atoms with van der Waals surface area (Å²) < 4.78 is 5.12. The fourth-order valence-electron chi connectivity index (χ4n) is 2.50. The molecule has 1 saturated heterocycles. The minimum absolute atomic E-state index is 0.0734. The Balaban J connectivity index is 1.93. The molecule has 0 radical (unpaired) electrons. The van der Waals surface area contributed by atoms with Crippen LogP contribution in [0.5, 0.6) is 0 Å². The lowest BCUT2D eigenvalue weighted by Crippen LogP contribution is -2.59. The SMILES string of the molecule is NC(=O)C1COCCN1C(=O)NCC1(C(=O)O)CCC1. The third-order valence-corrected chi connectivity index (χ3v) is 4.06. The number of primary amides is 1. The number of ether oxygens (including phenoxy) is 1. The molecule has 1 saturated carbocycles. The first-order valence-corrected chi connectivity index (χ1v) is 6.61. The number of nitrogens with zero attached hydrogens (tertiary/aromatic N) is 1. The fraction of sp³-hybridized carbons (Fsp3) is 0.750. The molecule has 3 amide bonds. The molecule has 0 aromatic carbocycles. The Labute approximate surface area is 116 Å². The highest BCUT2D eigenvalue weighted by Gasteiger charge is 2.45. The minimum Gasteiger partial charge on any atom is -0.481 e. The lowest BCUT2D eigenvalue weighted by atomic mass is 9.69. The van der Waals surface area contributed by atoms with Crippen LogP contribution in [0.3, 0.4) is 0 Å². The highest BCUT2D eigenvalue weighted by molar-refractivity contribution is 5.86. The van der Waals surface area contributed by atoms with Crippen LogP contribution < -0.4 is 11.1 Å². The summed E-state index contributed by atoms with van der Waals surface area (Å²) in [5.74, 6) is -1.52. The molecule has 2 rings (SSSR count). The molecule has 0 aromatic heterocycles. The number of carbonyl (C=O) groups is 3. The van der Waals surface area contributed by atoms with E-state index < -0.39 is 29.4 Å². The van der Waals surface area contributed by atoms with E-state index in [1.54, 1.807) is 0 Å². The molecule has 2 aliphatic rings. The third kappa shape index (κ3) is 2.69. The predicted octanol–water partition coefficient (Wildman–Crippen LogP) is -0.863. The van der Waals surface area contributed by atoms with Crippen molar-refractivity contribution in [1.82, 2.24) is 10.2 Å². The van der Waals surface area contributed by atoms with Crippen molar-refractivity contribution in [3.63, 3.8) is 0 Å². The predicted molar refractivity (Wildman–Crippen MR) is 67.8 cm³/mol. The van der Waals surface area contributed by atoms with Gasteiger partial charge in [-0.25, -0.2) is 4.79 Å². The molecule has 8 nitrogen and oxygen atoms in total. The lowest BCUT2D eigenvalue weighted by Gasteiger charge is -2.39. The number of carboxylic acid groups (broad SMARTS) is 1. The number of carboxylic acids is 1. The molecule has 4 N–H and O–H groups in total. The molecule has 0 aromatic rings. The second-order valence-corrected chi connectivity index (χ2v) is 5.28. The number of nitrogens with two attached hydrogens (primary N) is 1.